The third-order valence-electron chi connectivity index (χ3n) is 5.54. The van der Waals surface area contributed by atoms with Crippen molar-refractivity contribution in [3.05, 3.63) is 17.0 Å². The van der Waals surface area contributed by atoms with Gasteiger partial charge < -0.3 is 16.0 Å². The number of aromatic nitrogens is 2. The number of nitrogens with zero attached hydrogens (tertiary/aromatic N) is 4. The van der Waals surface area contributed by atoms with Gasteiger partial charge in [0.15, 0.2) is 0 Å². The van der Waals surface area contributed by atoms with Gasteiger partial charge in [0.05, 0.1) is 18.1 Å². The lowest BCUT2D eigenvalue weighted by Crippen LogP contribution is -2.54. The Morgan fingerprint density at radius 3 is 2.50 bits per heavy atom. The van der Waals surface area contributed by atoms with Gasteiger partial charge in [-0.25, -0.2) is 9.97 Å². The van der Waals surface area contributed by atoms with E-state index in [2.05, 4.69) is 15.3 Å². The van der Waals surface area contributed by atoms with Crippen LogP contribution in [0.15, 0.2) is 6.07 Å². The van der Waals surface area contributed by atoms with Gasteiger partial charge in [0.1, 0.15) is 11.5 Å². The van der Waals surface area contributed by atoms with Crippen molar-refractivity contribution >= 4 is 29.2 Å². The molecule has 3 N–H and O–H groups in total. The topological polar surface area (TPSA) is 104 Å². The predicted octanol–water partition coefficient (Wildman–Crippen LogP) is 1.41. The van der Waals surface area contributed by atoms with E-state index < -0.39 is 0 Å². The molecule has 2 fully saturated rings. The number of anilines is 1. The monoisotopic (exact) mass is 408 g/mol. The summed E-state index contributed by atoms with van der Waals surface area (Å²) in [6, 6.07) is 1.16. The van der Waals surface area contributed by atoms with E-state index in [9.17, 15) is 9.59 Å². The molecule has 1 aromatic heterocycles. The van der Waals surface area contributed by atoms with Gasteiger partial charge >= 0.3 is 0 Å². The molecule has 28 heavy (non-hydrogen) atoms. The summed E-state index contributed by atoms with van der Waals surface area (Å²) in [5, 5.41) is 3.17. The average molecular weight is 409 g/mol. The molecule has 2 heterocycles. The van der Waals surface area contributed by atoms with Crippen LogP contribution in [-0.2, 0) is 4.79 Å². The third kappa shape index (κ3) is 4.38. The van der Waals surface area contributed by atoms with Crippen LogP contribution in [0.1, 0.15) is 43.6 Å². The number of amides is 2. The van der Waals surface area contributed by atoms with E-state index >= 15 is 0 Å². The molecule has 1 aliphatic heterocycles. The van der Waals surface area contributed by atoms with Crippen LogP contribution in [0.25, 0.3) is 0 Å². The molecule has 9 heteroatoms. The van der Waals surface area contributed by atoms with E-state index in [0.29, 0.717) is 12.5 Å². The number of halogens is 1. The zero-order chi connectivity index (χ0) is 20.6. The van der Waals surface area contributed by atoms with Crippen molar-refractivity contribution in [2.24, 2.45) is 11.8 Å². The summed E-state index contributed by atoms with van der Waals surface area (Å²) in [6.07, 6.45) is 2.86. The molecule has 3 atom stereocenters. The minimum absolute atomic E-state index is 0.0132. The maximum absolute atomic E-state index is 13.1. The fraction of sp³-hybridized carbons (Fsp3) is 0.684. The zero-order valence-corrected chi connectivity index (χ0v) is 17.6. The number of likely N-dealkylation sites (N-methyl/N-ethyl adjacent to an activating group) is 1. The number of nitrogens with two attached hydrogens (primary N) is 1. The maximum atomic E-state index is 13.1. The van der Waals surface area contributed by atoms with Gasteiger partial charge in [0, 0.05) is 12.6 Å². The summed E-state index contributed by atoms with van der Waals surface area (Å²) in [7, 11) is 3.83. The molecule has 1 saturated carbocycles. The molecule has 0 bridgehead atoms. The van der Waals surface area contributed by atoms with E-state index in [-0.39, 0.29) is 52.7 Å². The summed E-state index contributed by atoms with van der Waals surface area (Å²) in [5.41, 5.74) is 5.92. The molecule has 3 rings (SSSR count). The van der Waals surface area contributed by atoms with Crippen molar-refractivity contribution in [1.29, 1.82) is 0 Å². The predicted molar refractivity (Wildman–Crippen MR) is 108 cm³/mol. The van der Waals surface area contributed by atoms with Crippen LogP contribution in [0.3, 0.4) is 0 Å². The highest BCUT2D eigenvalue weighted by molar-refractivity contribution is 6.28. The van der Waals surface area contributed by atoms with Crippen LogP contribution >= 0.6 is 11.6 Å². The Labute approximate surface area is 170 Å². The average Bonchev–Trinajstić information content (AvgIpc) is 3.33. The fourth-order valence-electron chi connectivity index (χ4n) is 4.32. The Morgan fingerprint density at radius 1 is 1.29 bits per heavy atom. The third-order valence-corrected chi connectivity index (χ3v) is 5.71. The first-order chi connectivity index (χ1) is 13.2. The number of nitrogen functional groups attached to an aromatic ring is 1. The molecular formula is C19H29ClN6O2. The first-order valence-corrected chi connectivity index (χ1v) is 10.1. The Bertz CT molecular complexity index is 724. The molecule has 0 radical (unpaired) electrons. The maximum Gasteiger partial charge on any atom is 0.273 e. The summed E-state index contributed by atoms with van der Waals surface area (Å²) >= 11 is 5.87. The van der Waals surface area contributed by atoms with Crippen LogP contribution in [0.4, 0.5) is 5.82 Å². The Hall–Kier alpha value is -1.93. The summed E-state index contributed by atoms with van der Waals surface area (Å²) in [6.45, 7) is 4.65. The van der Waals surface area contributed by atoms with Crippen LogP contribution < -0.4 is 11.1 Å². The number of nitrogens with one attached hydrogen (secondary N) is 1. The smallest absolute Gasteiger partial charge is 0.273 e. The second kappa shape index (κ2) is 8.21. The summed E-state index contributed by atoms with van der Waals surface area (Å²) in [5.74, 6) is 0.570. The Morgan fingerprint density at radius 2 is 1.96 bits per heavy atom. The minimum Gasteiger partial charge on any atom is -0.384 e. The van der Waals surface area contributed by atoms with Crippen LogP contribution in [0, 0.1) is 11.8 Å². The van der Waals surface area contributed by atoms with Gasteiger partial charge in [-0.3, -0.25) is 14.5 Å². The normalized spacial score (nSPS) is 23.3. The van der Waals surface area contributed by atoms with Gasteiger partial charge in [0.25, 0.3) is 5.91 Å². The molecule has 8 nitrogen and oxygen atoms in total. The minimum atomic E-state index is -0.210. The number of rotatable bonds is 6. The van der Waals surface area contributed by atoms with Gasteiger partial charge in [-0.05, 0) is 56.8 Å². The van der Waals surface area contributed by atoms with E-state index in [1.807, 2.05) is 37.7 Å². The van der Waals surface area contributed by atoms with Gasteiger partial charge in [-0.15, -0.1) is 0 Å². The molecule has 1 saturated heterocycles. The SMILES string of the molecule is CC(C)[C@H](C(=O)N[C@@H]1CCN(C(=O)c2cc(N)nc(Cl)n2)[C@H]1C1CC1)N(C)C. The molecule has 1 aliphatic carbocycles. The lowest BCUT2D eigenvalue weighted by atomic mass is 9.99. The van der Waals surface area contributed by atoms with Crippen LogP contribution in [0.2, 0.25) is 5.28 Å². The quantitative estimate of drug-likeness (QED) is 0.689. The molecule has 1 aromatic rings. The van der Waals surface area contributed by atoms with Crippen molar-refractivity contribution in [1.82, 2.24) is 25.1 Å². The van der Waals surface area contributed by atoms with E-state index in [1.54, 1.807) is 0 Å². The highest BCUT2D eigenvalue weighted by atomic mass is 35.5. The highest BCUT2D eigenvalue weighted by Gasteiger charge is 2.47. The van der Waals surface area contributed by atoms with Crippen molar-refractivity contribution in [2.75, 3.05) is 26.4 Å². The first kappa shape index (κ1) is 20.8. The highest BCUT2D eigenvalue weighted by Crippen LogP contribution is 2.41. The van der Waals surface area contributed by atoms with Crippen molar-refractivity contribution in [3.8, 4) is 0 Å². The van der Waals surface area contributed by atoms with Gasteiger partial charge in [0.2, 0.25) is 11.2 Å². The second-order valence-corrected chi connectivity index (χ2v) is 8.67. The molecule has 2 aliphatic rings. The fourth-order valence-corrected chi connectivity index (χ4v) is 4.51. The summed E-state index contributed by atoms with van der Waals surface area (Å²) < 4.78 is 0. The number of hydrogen-bond donors (Lipinski definition) is 2. The number of hydrogen-bond acceptors (Lipinski definition) is 6. The largest absolute Gasteiger partial charge is 0.384 e. The first-order valence-electron chi connectivity index (χ1n) is 9.77. The molecule has 0 unspecified atom stereocenters. The molecule has 0 spiro atoms. The number of carbonyl (C=O) groups excluding carboxylic acids is 2. The number of likely N-dealkylation sites (tertiary alicyclic amines) is 1. The van der Waals surface area contributed by atoms with Crippen molar-refractivity contribution < 1.29 is 9.59 Å². The van der Waals surface area contributed by atoms with Crippen LogP contribution in [-0.4, -0.2) is 70.3 Å². The van der Waals surface area contributed by atoms with Crippen molar-refractivity contribution in [2.45, 2.75) is 51.2 Å². The zero-order valence-electron chi connectivity index (χ0n) is 16.9. The lowest BCUT2D eigenvalue weighted by molar-refractivity contribution is -0.127. The summed E-state index contributed by atoms with van der Waals surface area (Å²) in [4.78, 5) is 37.6. The van der Waals surface area contributed by atoms with E-state index in [0.717, 1.165) is 19.3 Å². The molecule has 154 valence electrons. The number of carbonyl (C=O) groups is 2. The van der Waals surface area contributed by atoms with Crippen LogP contribution in [0.5, 0.6) is 0 Å². The van der Waals surface area contributed by atoms with Gasteiger partial charge in [-0.1, -0.05) is 13.8 Å². The Kier molecular flexibility index (Phi) is 6.09. The van der Waals surface area contributed by atoms with Gasteiger partial charge in [-0.2, -0.15) is 0 Å². The molecule has 0 aromatic carbocycles. The van der Waals surface area contributed by atoms with Crippen molar-refractivity contribution in [3.63, 3.8) is 0 Å². The molecular weight excluding hydrogens is 380 g/mol. The molecule has 2 amide bonds. The lowest BCUT2D eigenvalue weighted by Gasteiger charge is -2.32. The van der Waals surface area contributed by atoms with E-state index in [4.69, 9.17) is 17.3 Å². The van der Waals surface area contributed by atoms with E-state index in [1.165, 1.54) is 6.07 Å². The standard InChI is InChI=1S/C19H29ClN6O2/c1-10(2)15(25(3)4)17(27)22-12-7-8-26(16(12)11-5-6-11)18(28)13-9-14(21)24-19(20)23-13/h9-12,15-16H,5-8H2,1-4H3,(H,22,27)(H2,21,23,24)/t12-,15-,16+/m1/s1. The Balaban J connectivity index is 1.77. The second-order valence-electron chi connectivity index (χ2n) is 8.33.